The number of aryl methyl sites for hydroxylation is 1. The quantitative estimate of drug-likeness (QED) is 0.599. The number of nitrogens with zero attached hydrogens (tertiary/aromatic N) is 3. The van der Waals surface area contributed by atoms with Crippen LogP contribution in [-0.2, 0) is 27.2 Å². The number of benzene rings is 1. The topological polar surface area (TPSA) is 97.0 Å². The number of anilines is 1. The number of para-hydroxylation sites is 1. The Bertz CT molecular complexity index is 1030. The highest BCUT2D eigenvalue weighted by Crippen LogP contribution is 2.22. The smallest absolute Gasteiger partial charge is 0.255 e. The van der Waals surface area contributed by atoms with Gasteiger partial charge in [0.25, 0.3) is 5.56 Å². The number of nitrogens with one attached hydrogen (secondary N) is 1. The Balaban J connectivity index is 1.46. The molecule has 0 spiro atoms. The number of carbonyl (C=O) groups is 1. The number of methoxy groups -OCH3 is 1. The van der Waals surface area contributed by atoms with Crippen LogP contribution in [0.1, 0.15) is 36.1 Å². The van der Waals surface area contributed by atoms with E-state index >= 15 is 0 Å². The second kappa shape index (κ2) is 11.5. The Morgan fingerprint density at radius 1 is 1.26 bits per heavy atom. The van der Waals surface area contributed by atoms with E-state index < -0.39 is 0 Å². The summed E-state index contributed by atoms with van der Waals surface area (Å²) >= 11 is 0. The number of H-pyrrole nitrogens is 1. The van der Waals surface area contributed by atoms with E-state index in [1.54, 1.807) is 7.11 Å². The molecule has 1 aromatic heterocycles. The zero-order chi connectivity index (χ0) is 23.9. The van der Waals surface area contributed by atoms with Gasteiger partial charge >= 0.3 is 0 Å². The first-order valence-corrected chi connectivity index (χ1v) is 12.0. The molecule has 2 aliphatic heterocycles. The second-order valence-corrected chi connectivity index (χ2v) is 8.77. The van der Waals surface area contributed by atoms with Crippen molar-refractivity contribution in [1.29, 1.82) is 0 Å². The van der Waals surface area contributed by atoms with Gasteiger partial charge in [-0.2, -0.15) is 0 Å². The monoisotopic (exact) mass is 470 g/mol. The van der Waals surface area contributed by atoms with Crippen molar-refractivity contribution in [3.05, 3.63) is 51.4 Å². The number of carbonyl (C=O) groups excluding carboxylic acids is 1. The van der Waals surface area contributed by atoms with Gasteiger partial charge in [0.05, 0.1) is 26.4 Å². The predicted octanol–water partition coefficient (Wildman–Crippen LogP) is 2.06. The Hall–Kier alpha value is -2.91. The number of aromatic amines is 1. The highest BCUT2D eigenvalue weighted by molar-refractivity contribution is 5.76. The van der Waals surface area contributed by atoms with Crippen LogP contribution in [0.15, 0.2) is 29.1 Å². The maximum Gasteiger partial charge on any atom is 0.255 e. The van der Waals surface area contributed by atoms with E-state index in [0.29, 0.717) is 63.0 Å². The summed E-state index contributed by atoms with van der Waals surface area (Å²) in [5, 5.41) is 0. The van der Waals surface area contributed by atoms with E-state index in [0.717, 1.165) is 30.8 Å². The number of hydrogen-bond acceptors (Lipinski definition) is 7. The highest BCUT2D eigenvalue weighted by atomic mass is 16.5. The largest absolute Gasteiger partial charge is 0.496 e. The lowest BCUT2D eigenvalue weighted by Gasteiger charge is -2.28. The van der Waals surface area contributed by atoms with Crippen molar-refractivity contribution in [2.24, 2.45) is 0 Å². The molecule has 1 amide bonds. The third-order valence-electron chi connectivity index (χ3n) is 6.46. The fraction of sp³-hybridized carbons (Fsp3) is 0.560. The molecule has 9 nitrogen and oxygen atoms in total. The number of hydrogen-bond donors (Lipinski definition) is 1. The van der Waals surface area contributed by atoms with Crippen LogP contribution in [0.4, 0.5) is 5.95 Å². The van der Waals surface area contributed by atoms with E-state index in [1.165, 1.54) is 0 Å². The van der Waals surface area contributed by atoms with Gasteiger partial charge in [-0.3, -0.25) is 14.6 Å². The molecule has 0 radical (unpaired) electrons. The molecule has 0 aliphatic carbocycles. The molecule has 2 aromatic rings. The van der Waals surface area contributed by atoms with Crippen molar-refractivity contribution >= 4 is 11.9 Å². The van der Waals surface area contributed by atoms with Crippen molar-refractivity contribution < 1.29 is 19.0 Å². The average molecular weight is 471 g/mol. The van der Waals surface area contributed by atoms with Crippen LogP contribution in [0, 0.1) is 6.92 Å². The Labute approximate surface area is 200 Å². The van der Waals surface area contributed by atoms with E-state index in [-0.39, 0.29) is 24.0 Å². The molecule has 2 fully saturated rings. The van der Waals surface area contributed by atoms with Gasteiger partial charge in [0.2, 0.25) is 11.9 Å². The zero-order valence-corrected chi connectivity index (χ0v) is 20.0. The first kappa shape index (κ1) is 24.2. The van der Waals surface area contributed by atoms with Gasteiger partial charge in [0.1, 0.15) is 5.75 Å². The lowest BCUT2D eigenvalue weighted by atomic mass is 10.1. The van der Waals surface area contributed by atoms with Crippen molar-refractivity contribution in [3.8, 4) is 5.75 Å². The normalized spacial score (nSPS) is 18.2. The Morgan fingerprint density at radius 3 is 2.76 bits per heavy atom. The molecule has 4 rings (SSSR count). The standard InChI is InChI=1S/C25H34N4O5/c1-18-21(24(31)27-25(26-18)28-11-14-33-15-12-28)9-10-23(30)29(17-20-7-5-13-34-20)16-19-6-3-4-8-22(19)32-2/h3-4,6,8,20H,5,7,9-17H2,1-2H3,(H,26,27,31). The summed E-state index contributed by atoms with van der Waals surface area (Å²) < 4.78 is 16.7. The molecule has 1 aromatic carbocycles. The Kier molecular flexibility index (Phi) is 8.18. The molecule has 34 heavy (non-hydrogen) atoms. The maximum absolute atomic E-state index is 13.3. The highest BCUT2D eigenvalue weighted by Gasteiger charge is 2.24. The van der Waals surface area contributed by atoms with E-state index in [4.69, 9.17) is 14.2 Å². The first-order chi connectivity index (χ1) is 16.5. The summed E-state index contributed by atoms with van der Waals surface area (Å²) in [6, 6.07) is 7.72. The summed E-state index contributed by atoms with van der Waals surface area (Å²) in [5.41, 5.74) is 1.98. The SMILES string of the molecule is COc1ccccc1CN(CC1CCCO1)C(=O)CCc1c(C)nc(N2CCOCC2)[nH]c1=O. The molecule has 9 heteroatoms. The van der Waals surface area contributed by atoms with E-state index in [2.05, 4.69) is 9.97 Å². The lowest BCUT2D eigenvalue weighted by Crippen LogP contribution is -2.39. The van der Waals surface area contributed by atoms with E-state index in [1.807, 2.05) is 41.0 Å². The van der Waals surface area contributed by atoms with E-state index in [9.17, 15) is 9.59 Å². The molecular weight excluding hydrogens is 436 g/mol. The third kappa shape index (κ3) is 5.95. The summed E-state index contributed by atoms with van der Waals surface area (Å²) in [6.07, 6.45) is 2.56. The van der Waals surface area contributed by atoms with Crippen LogP contribution >= 0.6 is 0 Å². The minimum Gasteiger partial charge on any atom is -0.496 e. The molecule has 2 aliphatic rings. The van der Waals surface area contributed by atoms with Crippen molar-refractivity contribution in [2.45, 2.75) is 45.3 Å². The number of ether oxygens (including phenoxy) is 3. The van der Waals surface area contributed by atoms with Crippen molar-refractivity contribution in [2.75, 3.05) is 51.5 Å². The van der Waals surface area contributed by atoms with Crippen LogP contribution < -0.4 is 15.2 Å². The zero-order valence-electron chi connectivity index (χ0n) is 20.0. The van der Waals surface area contributed by atoms with Crippen LogP contribution in [0.3, 0.4) is 0 Å². The third-order valence-corrected chi connectivity index (χ3v) is 6.46. The summed E-state index contributed by atoms with van der Waals surface area (Å²) in [5.74, 6) is 1.30. The summed E-state index contributed by atoms with van der Waals surface area (Å²) in [6.45, 7) is 6.15. The minimum absolute atomic E-state index is 0.0162. The second-order valence-electron chi connectivity index (χ2n) is 8.77. The Morgan fingerprint density at radius 2 is 2.06 bits per heavy atom. The maximum atomic E-state index is 13.3. The van der Waals surface area contributed by atoms with Gasteiger partial charge < -0.3 is 24.0 Å². The fourth-order valence-electron chi connectivity index (χ4n) is 4.53. The summed E-state index contributed by atoms with van der Waals surface area (Å²) in [4.78, 5) is 37.5. The van der Waals surface area contributed by atoms with Gasteiger partial charge in [-0.1, -0.05) is 18.2 Å². The molecule has 0 bridgehead atoms. The van der Waals surface area contributed by atoms with Crippen LogP contribution in [-0.4, -0.2) is 73.4 Å². The number of aromatic nitrogens is 2. The van der Waals surface area contributed by atoms with Crippen LogP contribution in [0.25, 0.3) is 0 Å². The molecule has 3 heterocycles. The van der Waals surface area contributed by atoms with Gasteiger partial charge in [0.15, 0.2) is 0 Å². The molecule has 1 atom stereocenters. The molecular formula is C25H34N4O5. The van der Waals surface area contributed by atoms with Crippen LogP contribution in [0.5, 0.6) is 5.75 Å². The molecule has 184 valence electrons. The number of morpholine rings is 1. The first-order valence-electron chi connectivity index (χ1n) is 12.0. The number of rotatable bonds is 9. The molecule has 0 saturated carbocycles. The van der Waals surface area contributed by atoms with Gasteiger partial charge in [-0.15, -0.1) is 0 Å². The van der Waals surface area contributed by atoms with Gasteiger partial charge in [0, 0.05) is 56.0 Å². The van der Waals surface area contributed by atoms with Gasteiger partial charge in [-0.05, 0) is 32.3 Å². The lowest BCUT2D eigenvalue weighted by molar-refractivity contribution is -0.133. The summed E-state index contributed by atoms with van der Waals surface area (Å²) in [7, 11) is 1.63. The minimum atomic E-state index is -0.183. The molecule has 1 N–H and O–H groups in total. The fourth-order valence-corrected chi connectivity index (χ4v) is 4.53. The average Bonchev–Trinajstić information content (AvgIpc) is 3.37. The predicted molar refractivity (Wildman–Crippen MR) is 128 cm³/mol. The van der Waals surface area contributed by atoms with Crippen molar-refractivity contribution in [3.63, 3.8) is 0 Å². The van der Waals surface area contributed by atoms with Crippen LogP contribution in [0.2, 0.25) is 0 Å². The molecule has 1 unspecified atom stereocenters. The van der Waals surface area contributed by atoms with Crippen molar-refractivity contribution in [1.82, 2.24) is 14.9 Å². The molecule has 2 saturated heterocycles. The van der Waals surface area contributed by atoms with Gasteiger partial charge in [-0.25, -0.2) is 4.98 Å². The number of amides is 1.